The van der Waals surface area contributed by atoms with E-state index < -0.39 is 28.8 Å². The first kappa shape index (κ1) is 24.4. The van der Waals surface area contributed by atoms with Crippen molar-refractivity contribution in [2.75, 3.05) is 18.5 Å². The summed E-state index contributed by atoms with van der Waals surface area (Å²) in [5.41, 5.74) is 0.382. The maximum atomic E-state index is 12.9. The molecule has 0 saturated heterocycles. The van der Waals surface area contributed by atoms with Gasteiger partial charge >= 0.3 is 17.6 Å². The number of hydrogen-bond acceptors (Lipinski definition) is 10. The summed E-state index contributed by atoms with van der Waals surface area (Å²) in [6.07, 6.45) is 1.55. The zero-order valence-electron chi connectivity index (χ0n) is 18.4. The van der Waals surface area contributed by atoms with Crippen molar-refractivity contribution in [3.63, 3.8) is 0 Å². The summed E-state index contributed by atoms with van der Waals surface area (Å²) >= 11 is 1.94. The van der Waals surface area contributed by atoms with Gasteiger partial charge < -0.3 is 14.8 Å². The van der Waals surface area contributed by atoms with E-state index in [9.17, 15) is 19.2 Å². The van der Waals surface area contributed by atoms with Gasteiger partial charge in [-0.05, 0) is 45.4 Å². The molecule has 3 aromatic rings. The number of carbonyl (C=O) groups is 3. The fourth-order valence-corrected chi connectivity index (χ4v) is 4.72. The molecule has 0 unspecified atom stereocenters. The first-order valence-electron chi connectivity index (χ1n) is 10.1. The predicted molar refractivity (Wildman–Crippen MR) is 124 cm³/mol. The van der Waals surface area contributed by atoms with Crippen LogP contribution in [-0.4, -0.2) is 50.7 Å². The Labute approximate surface area is 197 Å². The van der Waals surface area contributed by atoms with Crippen molar-refractivity contribution in [1.29, 1.82) is 0 Å². The van der Waals surface area contributed by atoms with Crippen molar-refractivity contribution >= 4 is 51.6 Å². The first-order chi connectivity index (χ1) is 15.8. The van der Waals surface area contributed by atoms with Gasteiger partial charge in [0.05, 0.1) is 24.0 Å². The molecule has 3 aromatic heterocycles. The second-order valence-corrected chi connectivity index (χ2v) is 9.00. The van der Waals surface area contributed by atoms with Crippen molar-refractivity contribution < 1.29 is 23.9 Å². The SMILES string of the molecule is CCOC(=O)c1sc(NC(=O)[C@@H](C)Sc2nc(=O)n3ccccc3n2)c(C(=O)OCC)c1C. The lowest BCUT2D eigenvalue weighted by Gasteiger charge is -2.11. The number of thioether (sulfide) groups is 1. The van der Waals surface area contributed by atoms with Gasteiger partial charge in [0.15, 0.2) is 5.16 Å². The fourth-order valence-electron chi connectivity index (χ4n) is 2.87. The molecular formula is C21H22N4O6S2. The topological polar surface area (TPSA) is 129 Å². The molecule has 3 heterocycles. The molecule has 3 rings (SSSR count). The molecule has 0 aromatic carbocycles. The summed E-state index contributed by atoms with van der Waals surface area (Å²) in [6.45, 7) is 6.86. The molecule has 0 aliphatic rings. The molecule has 0 bridgehead atoms. The minimum absolute atomic E-state index is 0.107. The third-order valence-corrected chi connectivity index (χ3v) is 6.57. The highest BCUT2D eigenvalue weighted by molar-refractivity contribution is 8.00. The molecule has 0 aliphatic heterocycles. The molecule has 0 aliphatic carbocycles. The van der Waals surface area contributed by atoms with E-state index in [-0.39, 0.29) is 33.8 Å². The minimum Gasteiger partial charge on any atom is -0.462 e. The van der Waals surface area contributed by atoms with E-state index in [0.29, 0.717) is 11.2 Å². The normalized spacial score (nSPS) is 11.8. The molecule has 0 fully saturated rings. The Morgan fingerprint density at radius 3 is 2.55 bits per heavy atom. The van der Waals surface area contributed by atoms with Gasteiger partial charge in [0.2, 0.25) is 5.91 Å². The summed E-state index contributed by atoms with van der Waals surface area (Å²) in [4.78, 5) is 58.3. The van der Waals surface area contributed by atoms with Crippen molar-refractivity contribution in [2.24, 2.45) is 0 Å². The minimum atomic E-state index is -0.709. The Balaban J connectivity index is 1.85. The van der Waals surface area contributed by atoms with E-state index in [2.05, 4.69) is 15.3 Å². The van der Waals surface area contributed by atoms with Gasteiger partial charge in [0, 0.05) is 6.20 Å². The van der Waals surface area contributed by atoms with Crippen LogP contribution >= 0.6 is 23.1 Å². The number of amides is 1. The Morgan fingerprint density at radius 1 is 1.15 bits per heavy atom. The van der Waals surface area contributed by atoms with Crippen LogP contribution in [0.1, 0.15) is 46.4 Å². The monoisotopic (exact) mass is 490 g/mol. The third-order valence-electron chi connectivity index (χ3n) is 4.42. The molecule has 12 heteroatoms. The van der Waals surface area contributed by atoms with Crippen LogP contribution in [0.5, 0.6) is 0 Å². The number of nitrogens with zero attached hydrogens (tertiary/aromatic N) is 3. The molecular weight excluding hydrogens is 468 g/mol. The molecule has 0 spiro atoms. The van der Waals surface area contributed by atoms with Crippen LogP contribution in [0.3, 0.4) is 0 Å². The Bertz CT molecular complexity index is 1270. The van der Waals surface area contributed by atoms with Crippen LogP contribution in [0.2, 0.25) is 0 Å². The molecule has 1 atom stereocenters. The Kier molecular flexibility index (Phi) is 7.82. The highest BCUT2D eigenvalue weighted by Crippen LogP contribution is 2.35. The van der Waals surface area contributed by atoms with Crippen LogP contribution in [0.4, 0.5) is 5.00 Å². The van der Waals surface area contributed by atoms with Gasteiger partial charge in [0.1, 0.15) is 15.5 Å². The molecule has 10 nitrogen and oxygen atoms in total. The lowest BCUT2D eigenvalue weighted by Crippen LogP contribution is -2.25. The van der Waals surface area contributed by atoms with Crippen molar-refractivity contribution in [1.82, 2.24) is 14.4 Å². The van der Waals surface area contributed by atoms with Gasteiger partial charge in [-0.1, -0.05) is 17.8 Å². The van der Waals surface area contributed by atoms with Crippen LogP contribution in [0, 0.1) is 6.92 Å². The van der Waals surface area contributed by atoms with E-state index in [1.807, 2.05) is 0 Å². The summed E-state index contributed by atoms with van der Waals surface area (Å²) < 4.78 is 11.4. The molecule has 174 valence electrons. The van der Waals surface area contributed by atoms with Gasteiger partial charge in [-0.15, -0.1) is 11.3 Å². The molecule has 0 radical (unpaired) electrons. The van der Waals surface area contributed by atoms with E-state index in [0.717, 1.165) is 23.1 Å². The zero-order valence-corrected chi connectivity index (χ0v) is 20.0. The van der Waals surface area contributed by atoms with E-state index in [1.165, 1.54) is 4.40 Å². The second kappa shape index (κ2) is 10.6. The number of pyridine rings is 1. The van der Waals surface area contributed by atoms with Gasteiger partial charge in [-0.25, -0.2) is 19.4 Å². The lowest BCUT2D eigenvalue weighted by atomic mass is 10.1. The number of anilines is 1. The van der Waals surface area contributed by atoms with Crippen molar-refractivity contribution in [3.05, 3.63) is 50.9 Å². The van der Waals surface area contributed by atoms with Crippen molar-refractivity contribution in [3.8, 4) is 0 Å². The zero-order chi connectivity index (χ0) is 24.1. The Morgan fingerprint density at radius 2 is 1.85 bits per heavy atom. The number of carbonyl (C=O) groups excluding carboxylic acids is 3. The van der Waals surface area contributed by atoms with E-state index >= 15 is 0 Å². The first-order valence-corrected chi connectivity index (χ1v) is 11.8. The average Bonchev–Trinajstić information content (AvgIpc) is 3.10. The number of ether oxygens (including phenoxy) is 2. The molecule has 33 heavy (non-hydrogen) atoms. The summed E-state index contributed by atoms with van der Waals surface area (Å²) in [5.74, 6) is -1.69. The van der Waals surface area contributed by atoms with Crippen LogP contribution < -0.4 is 11.0 Å². The predicted octanol–water partition coefficient (Wildman–Crippen LogP) is 2.93. The quantitative estimate of drug-likeness (QED) is 0.374. The average molecular weight is 491 g/mol. The highest BCUT2D eigenvalue weighted by atomic mass is 32.2. The smallest absolute Gasteiger partial charge is 0.355 e. The number of esters is 2. The van der Waals surface area contributed by atoms with Gasteiger partial charge in [-0.3, -0.25) is 9.20 Å². The maximum absolute atomic E-state index is 12.9. The van der Waals surface area contributed by atoms with E-state index in [1.54, 1.807) is 52.1 Å². The Hall–Kier alpha value is -3.25. The van der Waals surface area contributed by atoms with Crippen LogP contribution in [-0.2, 0) is 14.3 Å². The van der Waals surface area contributed by atoms with E-state index in [4.69, 9.17) is 9.47 Å². The number of hydrogen-bond donors (Lipinski definition) is 1. The highest BCUT2D eigenvalue weighted by Gasteiger charge is 2.28. The number of thiophene rings is 1. The molecule has 1 N–H and O–H groups in total. The maximum Gasteiger partial charge on any atom is 0.355 e. The van der Waals surface area contributed by atoms with Crippen LogP contribution in [0.25, 0.3) is 5.65 Å². The fraction of sp³-hybridized carbons (Fsp3) is 0.333. The number of nitrogens with one attached hydrogen (secondary N) is 1. The van der Waals surface area contributed by atoms with Crippen LogP contribution in [0.15, 0.2) is 34.3 Å². The summed E-state index contributed by atoms with van der Waals surface area (Å²) in [5, 5.41) is 2.32. The third kappa shape index (κ3) is 5.40. The number of aromatic nitrogens is 3. The van der Waals surface area contributed by atoms with Crippen molar-refractivity contribution in [2.45, 2.75) is 38.1 Å². The summed E-state index contributed by atoms with van der Waals surface area (Å²) in [6, 6.07) is 5.09. The molecule has 1 amide bonds. The van der Waals surface area contributed by atoms with Gasteiger partial charge in [-0.2, -0.15) is 4.98 Å². The molecule has 0 saturated carbocycles. The van der Waals surface area contributed by atoms with Gasteiger partial charge in [0.25, 0.3) is 0 Å². The second-order valence-electron chi connectivity index (χ2n) is 6.67. The number of fused-ring (bicyclic) bond motifs is 1. The standard InChI is InChI=1S/C21H22N4O6S2/c1-5-30-18(27)14-11(3)15(19(28)31-6-2)33-17(14)23-16(26)12(4)32-20-22-13-9-7-8-10-25(13)21(29)24-20/h7-10,12H,5-6H2,1-4H3,(H,23,26)/t12-/m1/s1. The largest absolute Gasteiger partial charge is 0.462 e. The lowest BCUT2D eigenvalue weighted by molar-refractivity contribution is -0.115. The summed E-state index contributed by atoms with van der Waals surface area (Å²) in [7, 11) is 0. The number of rotatable bonds is 8.